The Bertz CT molecular complexity index is 635. The van der Waals surface area contributed by atoms with E-state index in [1.807, 2.05) is 0 Å². The number of hydrogen-bond donors (Lipinski definition) is 4. The second-order valence-corrected chi connectivity index (χ2v) is 12.2. The van der Waals surface area contributed by atoms with E-state index in [9.17, 15) is 13.9 Å². The summed E-state index contributed by atoms with van der Waals surface area (Å²) in [6, 6.07) is 0. The van der Waals surface area contributed by atoms with E-state index in [1.54, 1.807) is 0 Å². The highest BCUT2D eigenvalue weighted by atomic mass is 31.2. The van der Waals surface area contributed by atoms with Crippen molar-refractivity contribution in [3.05, 3.63) is 0 Å². The standard InChI is InChI=1S/C25H52O10P2/c1-2-3-4-5-6-7-8-9-10-11-12-13-14-15-16-17-18-19-20-21-25(26)33-22-24(35-37(30,31)32)23-34-36(27,28)29/h24H,2-23H2,1H3,(H2,27,28,29)(H2,30,31,32). The van der Waals surface area contributed by atoms with Crippen LogP contribution in [-0.2, 0) is 27.7 Å². The Morgan fingerprint density at radius 1 is 0.595 bits per heavy atom. The van der Waals surface area contributed by atoms with Crippen LogP contribution >= 0.6 is 15.6 Å². The van der Waals surface area contributed by atoms with Gasteiger partial charge in [-0.25, -0.2) is 9.13 Å². The quantitative estimate of drug-likeness (QED) is 0.0460. The molecule has 4 N–H and O–H groups in total. The molecule has 0 spiro atoms. The number of ether oxygens (including phenoxy) is 1. The molecule has 0 aromatic rings. The fourth-order valence-electron chi connectivity index (χ4n) is 4.09. The van der Waals surface area contributed by atoms with E-state index in [-0.39, 0.29) is 6.42 Å². The number of phosphoric ester groups is 2. The first-order chi connectivity index (χ1) is 17.5. The van der Waals surface area contributed by atoms with Crippen LogP contribution < -0.4 is 0 Å². The van der Waals surface area contributed by atoms with Gasteiger partial charge in [-0.1, -0.05) is 122 Å². The van der Waals surface area contributed by atoms with E-state index in [2.05, 4.69) is 16.0 Å². The van der Waals surface area contributed by atoms with Crippen LogP contribution in [-0.4, -0.2) is 44.9 Å². The Morgan fingerprint density at radius 3 is 1.32 bits per heavy atom. The summed E-state index contributed by atoms with van der Waals surface area (Å²) in [5, 5.41) is 0. The lowest BCUT2D eigenvalue weighted by Crippen LogP contribution is -2.26. The first-order valence-corrected chi connectivity index (χ1v) is 17.2. The number of unbranched alkanes of at least 4 members (excludes halogenated alkanes) is 18. The normalized spacial score (nSPS) is 13.1. The first-order valence-electron chi connectivity index (χ1n) is 14.1. The molecule has 222 valence electrons. The zero-order valence-electron chi connectivity index (χ0n) is 22.8. The number of hydrogen-bond acceptors (Lipinski definition) is 6. The molecule has 0 rings (SSSR count). The minimum absolute atomic E-state index is 0.154. The second-order valence-electron chi connectivity index (χ2n) is 9.80. The predicted molar refractivity (Wildman–Crippen MR) is 144 cm³/mol. The predicted octanol–water partition coefficient (Wildman–Crippen LogP) is 6.94. The molecular weight excluding hydrogens is 522 g/mol. The third kappa shape index (κ3) is 30.1. The molecule has 12 heteroatoms. The van der Waals surface area contributed by atoms with Crippen LogP contribution in [0.15, 0.2) is 0 Å². The lowest BCUT2D eigenvalue weighted by atomic mass is 10.0. The smallest absolute Gasteiger partial charge is 0.463 e. The molecule has 0 saturated carbocycles. The van der Waals surface area contributed by atoms with Gasteiger partial charge < -0.3 is 24.3 Å². The maximum absolute atomic E-state index is 11.8. The number of carbonyl (C=O) groups is 1. The zero-order chi connectivity index (χ0) is 27.8. The van der Waals surface area contributed by atoms with Gasteiger partial charge in [0.25, 0.3) is 0 Å². The lowest BCUT2D eigenvalue weighted by molar-refractivity contribution is -0.147. The van der Waals surface area contributed by atoms with E-state index >= 15 is 0 Å². The topological polar surface area (TPSA) is 160 Å². The summed E-state index contributed by atoms with van der Waals surface area (Å²) in [4.78, 5) is 46.9. The summed E-state index contributed by atoms with van der Waals surface area (Å²) in [6.45, 7) is 0.845. The van der Waals surface area contributed by atoms with Crippen LogP contribution in [0.3, 0.4) is 0 Å². The molecule has 0 radical (unpaired) electrons. The highest BCUT2D eigenvalue weighted by molar-refractivity contribution is 7.46. The van der Waals surface area contributed by atoms with Gasteiger partial charge in [-0.3, -0.25) is 13.8 Å². The SMILES string of the molecule is CCCCCCCCCCCCCCCCCCCCCC(=O)OCC(COP(=O)(O)O)OP(=O)(O)O. The van der Waals surface area contributed by atoms with Gasteiger partial charge in [0.1, 0.15) is 12.7 Å². The molecular formula is C25H52O10P2. The summed E-state index contributed by atoms with van der Waals surface area (Å²) in [6.07, 6.45) is 22.5. The summed E-state index contributed by atoms with van der Waals surface area (Å²) in [5.41, 5.74) is 0. The van der Waals surface area contributed by atoms with Crippen LogP contribution in [0.2, 0.25) is 0 Å². The molecule has 0 aliphatic carbocycles. The molecule has 0 amide bonds. The van der Waals surface area contributed by atoms with Crippen LogP contribution in [0.25, 0.3) is 0 Å². The van der Waals surface area contributed by atoms with Crippen LogP contribution in [0.5, 0.6) is 0 Å². The van der Waals surface area contributed by atoms with E-state index < -0.39 is 40.9 Å². The monoisotopic (exact) mass is 574 g/mol. The maximum atomic E-state index is 11.8. The van der Waals surface area contributed by atoms with Crippen LogP contribution in [0, 0.1) is 0 Å². The first kappa shape index (κ1) is 36.7. The van der Waals surface area contributed by atoms with Crippen molar-refractivity contribution in [2.45, 2.75) is 141 Å². The average Bonchev–Trinajstić information content (AvgIpc) is 2.81. The van der Waals surface area contributed by atoms with Crippen molar-refractivity contribution in [3.63, 3.8) is 0 Å². The van der Waals surface area contributed by atoms with Crippen molar-refractivity contribution >= 4 is 21.6 Å². The molecule has 0 aromatic heterocycles. The van der Waals surface area contributed by atoms with E-state index in [0.29, 0.717) is 6.42 Å². The van der Waals surface area contributed by atoms with Gasteiger partial charge in [0.2, 0.25) is 0 Å². The van der Waals surface area contributed by atoms with Crippen molar-refractivity contribution in [2.75, 3.05) is 13.2 Å². The largest absolute Gasteiger partial charge is 0.470 e. The Labute approximate surface area is 223 Å². The Balaban J connectivity index is 3.56. The average molecular weight is 575 g/mol. The van der Waals surface area contributed by atoms with Crippen LogP contribution in [0.4, 0.5) is 0 Å². The summed E-state index contributed by atoms with van der Waals surface area (Å²) >= 11 is 0. The number of phosphoric acid groups is 2. The fourth-order valence-corrected chi connectivity index (χ4v) is 4.96. The van der Waals surface area contributed by atoms with Crippen molar-refractivity contribution in [3.8, 4) is 0 Å². The molecule has 0 aliphatic rings. The van der Waals surface area contributed by atoms with Gasteiger partial charge in [-0.2, -0.15) is 0 Å². The van der Waals surface area contributed by atoms with Crippen molar-refractivity contribution in [2.24, 2.45) is 0 Å². The number of carbonyl (C=O) groups excluding carboxylic acids is 1. The number of esters is 1. The van der Waals surface area contributed by atoms with Gasteiger partial charge >= 0.3 is 21.6 Å². The lowest BCUT2D eigenvalue weighted by Gasteiger charge is -2.18. The summed E-state index contributed by atoms with van der Waals surface area (Å²) < 4.78 is 35.1. The highest BCUT2D eigenvalue weighted by Crippen LogP contribution is 2.40. The minimum atomic E-state index is -4.95. The summed E-state index contributed by atoms with van der Waals surface area (Å²) in [5.74, 6) is -0.567. The highest BCUT2D eigenvalue weighted by Gasteiger charge is 2.27. The molecule has 37 heavy (non-hydrogen) atoms. The van der Waals surface area contributed by atoms with Crippen LogP contribution in [0.1, 0.15) is 135 Å². The molecule has 0 aromatic carbocycles. The van der Waals surface area contributed by atoms with Gasteiger partial charge in [0, 0.05) is 6.42 Å². The molecule has 0 heterocycles. The maximum Gasteiger partial charge on any atom is 0.470 e. The zero-order valence-corrected chi connectivity index (χ0v) is 24.6. The molecule has 0 fully saturated rings. The molecule has 1 unspecified atom stereocenters. The third-order valence-electron chi connectivity index (χ3n) is 6.13. The van der Waals surface area contributed by atoms with Crippen molar-refractivity contribution in [1.82, 2.24) is 0 Å². The summed E-state index contributed by atoms with van der Waals surface area (Å²) in [7, 11) is -9.80. The second kappa shape index (κ2) is 23.6. The van der Waals surface area contributed by atoms with Crippen molar-refractivity contribution in [1.29, 1.82) is 0 Å². The molecule has 0 bridgehead atoms. The van der Waals surface area contributed by atoms with E-state index in [4.69, 9.17) is 24.3 Å². The molecule has 10 nitrogen and oxygen atoms in total. The minimum Gasteiger partial charge on any atom is -0.463 e. The van der Waals surface area contributed by atoms with Gasteiger partial charge in [-0.05, 0) is 6.42 Å². The van der Waals surface area contributed by atoms with Crippen molar-refractivity contribution < 1.29 is 47.3 Å². The third-order valence-corrected chi connectivity index (χ3v) is 7.19. The van der Waals surface area contributed by atoms with Gasteiger partial charge in [0.15, 0.2) is 0 Å². The molecule has 1 atom stereocenters. The van der Waals surface area contributed by atoms with E-state index in [0.717, 1.165) is 19.3 Å². The van der Waals surface area contributed by atoms with E-state index in [1.165, 1.54) is 96.3 Å². The number of rotatable bonds is 27. The van der Waals surface area contributed by atoms with Gasteiger partial charge in [0.05, 0.1) is 6.61 Å². The Kier molecular flexibility index (Phi) is 23.4. The molecule has 0 aliphatic heterocycles. The Hall–Kier alpha value is -0.310. The van der Waals surface area contributed by atoms with Gasteiger partial charge in [-0.15, -0.1) is 0 Å². The molecule has 0 saturated heterocycles. The Morgan fingerprint density at radius 2 is 0.973 bits per heavy atom. The fraction of sp³-hybridized carbons (Fsp3) is 0.960.